The molecule has 0 unspecified atom stereocenters. The lowest BCUT2D eigenvalue weighted by Gasteiger charge is -2.08. The molecule has 0 aliphatic heterocycles. The molecule has 3 rings (SSSR count). The van der Waals surface area contributed by atoms with Crippen molar-refractivity contribution in [1.29, 1.82) is 0 Å². The van der Waals surface area contributed by atoms with Gasteiger partial charge < -0.3 is 9.47 Å². The molecule has 5 nitrogen and oxygen atoms in total. The number of hydrogen-bond donors (Lipinski definition) is 1. The molecule has 0 saturated carbocycles. The van der Waals surface area contributed by atoms with Crippen molar-refractivity contribution in [2.24, 2.45) is 5.10 Å². The predicted molar refractivity (Wildman–Crippen MR) is 108 cm³/mol. The van der Waals surface area contributed by atoms with E-state index in [1.165, 1.54) is 0 Å². The molecule has 0 bridgehead atoms. The van der Waals surface area contributed by atoms with E-state index >= 15 is 0 Å². The fourth-order valence-corrected chi connectivity index (χ4v) is 2.73. The third kappa shape index (κ3) is 4.44. The van der Waals surface area contributed by atoms with Crippen LogP contribution in [0.2, 0.25) is 0 Å². The minimum atomic E-state index is -0.285. The molecular formula is C22H22N2O3. The minimum absolute atomic E-state index is 0.285. The van der Waals surface area contributed by atoms with Gasteiger partial charge in [-0.2, -0.15) is 5.10 Å². The summed E-state index contributed by atoms with van der Waals surface area (Å²) >= 11 is 0. The molecule has 5 heteroatoms. The van der Waals surface area contributed by atoms with E-state index in [2.05, 4.69) is 10.5 Å². The zero-order valence-electron chi connectivity index (χ0n) is 15.4. The molecule has 0 atom stereocenters. The van der Waals surface area contributed by atoms with Crippen LogP contribution in [0, 0.1) is 0 Å². The van der Waals surface area contributed by atoms with E-state index in [1.54, 1.807) is 37.6 Å². The van der Waals surface area contributed by atoms with Gasteiger partial charge in [0.15, 0.2) is 0 Å². The lowest BCUT2D eigenvalue weighted by molar-refractivity contribution is 0.0955. The van der Waals surface area contributed by atoms with Crippen LogP contribution in [0.5, 0.6) is 11.5 Å². The Kier molecular flexibility index (Phi) is 6.05. The fraction of sp³-hybridized carbons (Fsp3) is 0.182. The second-order valence-corrected chi connectivity index (χ2v) is 5.97. The monoisotopic (exact) mass is 362 g/mol. The molecule has 27 heavy (non-hydrogen) atoms. The maximum absolute atomic E-state index is 12.3. The van der Waals surface area contributed by atoms with E-state index in [9.17, 15) is 4.79 Å². The van der Waals surface area contributed by atoms with Crippen LogP contribution in [0.3, 0.4) is 0 Å². The van der Waals surface area contributed by atoms with E-state index < -0.39 is 0 Å². The number of fused-ring (bicyclic) bond motifs is 1. The maximum Gasteiger partial charge on any atom is 0.271 e. The Morgan fingerprint density at radius 2 is 1.85 bits per heavy atom. The summed E-state index contributed by atoms with van der Waals surface area (Å²) in [6.07, 6.45) is 2.55. The SMILES string of the molecule is CCCOc1ccc(C(=O)N/N=C\c2c(OC)ccc3ccccc23)cc1. The van der Waals surface area contributed by atoms with Crippen molar-refractivity contribution in [1.82, 2.24) is 5.43 Å². The number of hydrogen-bond acceptors (Lipinski definition) is 4. The molecule has 0 radical (unpaired) electrons. The van der Waals surface area contributed by atoms with Crippen molar-refractivity contribution in [2.75, 3.05) is 13.7 Å². The molecule has 0 fully saturated rings. The molecule has 0 aliphatic rings. The number of carbonyl (C=O) groups is 1. The lowest BCUT2D eigenvalue weighted by Crippen LogP contribution is -2.17. The zero-order valence-corrected chi connectivity index (χ0v) is 15.4. The smallest absolute Gasteiger partial charge is 0.271 e. The number of benzene rings is 3. The van der Waals surface area contributed by atoms with Crippen LogP contribution < -0.4 is 14.9 Å². The van der Waals surface area contributed by atoms with Crippen LogP contribution in [-0.2, 0) is 0 Å². The Labute approximate surface area is 158 Å². The highest BCUT2D eigenvalue weighted by Gasteiger charge is 2.07. The molecule has 1 N–H and O–H groups in total. The standard InChI is InChI=1S/C22H22N2O3/c1-3-14-27-18-11-8-17(9-12-18)22(25)24-23-15-20-19-7-5-4-6-16(19)10-13-21(20)26-2/h4-13,15H,3,14H2,1-2H3,(H,24,25)/b23-15-. The number of nitrogens with one attached hydrogen (secondary N) is 1. The highest BCUT2D eigenvalue weighted by molar-refractivity contribution is 6.03. The molecule has 0 saturated heterocycles. The number of nitrogens with zero attached hydrogens (tertiary/aromatic N) is 1. The highest BCUT2D eigenvalue weighted by atomic mass is 16.5. The van der Waals surface area contributed by atoms with Gasteiger partial charge in [0.05, 0.1) is 19.9 Å². The average Bonchev–Trinajstić information content (AvgIpc) is 2.72. The molecule has 3 aromatic rings. The van der Waals surface area contributed by atoms with E-state index in [4.69, 9.17) is 9.47 Å². The first kappa shape index (κ1) is 18.5. The van der Waals surface area contributed by atoms with Crippen LogP contribution in [-0.4, -0.2) is 25.8 Å². The van der Waals surface area contributed by atoms with Crippen LogP contribution in [0.15, 0.2) is 65.8 Å². The van der Waals surface area contributed by atoms with E-state index in [0.717, 1.165) is 28.5 Å². The first-order chi connectivity index (χ1) is 13.2. The number of methoxy groups -OCH3 is 1. The van der Waals surface area contributed by atoms with Gasteiger partial charge in [0, 0.05) is 11.1 Å². The van der Waals surface area contributed by atoms with Crippen molar-refractivity contribution < 1.29 is 14.3 Å². The molecule has 0 aromatic heterocycles. The van der Waals surface area contributed by atoms with Crippen molar-refractivity contribution in [3.8, 4) is 11.5 Å². The summed E-state index contributed by atoms with van der Waals surface area (Å²) in [6, 6.07) is 18.8. The van der Waals surface area contributed by atoms with Crippen LogP contribution in [0.4, 0.5) is 0 Å². The molecule has 1 amide bonds. The van der Waals surface area contributed by atoms with Crippen molar-refractivity contribution >= 4 is 22.9 Å². The quantitative estimate of drug-likeness (QED) is 0.500. The van der Waals surface area contributed by atoms with E-state index in [-0.39, 0.29) is 5.91 Å². The Morgan fingerprint density at radius 1 is 1.07 bits per heavy atom. The summed E-state index contributed by atoms with van der Waals surface area (Å²) in [7, 11) is 1.61. The number of rotatable bonds is 7. The van der Waals surface area contributed by atoms with Crippen molar-refractivity contribution in [3.05, 3.63) is 71.8 Å². The third-order valence-corrected chi connectivity index (χ3v) is 4.10. The van der Waals surface area contributed by atoms with Crippen LogP contribution in [0.25, 0.3) is 10.8 Å². The van der Waals surface area contributed by atoms with Gasteiger partial charge >= 0.3 is 0 Å². The van der Waals surface area contributed by atoms with Crippen molar-refractivity contribution in [2.45, 2.75) is 13.3 Å². The maximum atomic E-state index is 12.3. The van der Waals surface area contributed by atoms with Gasteiger partial charge in [-0.1, -0.05) is 37.3 Å². The van der Waals surface area contributed by atoms with Gasteiger partial charge in [-0.25, -0.2) is 5.43 Å². The Balaban J connectivity index is 1.73. The molecular weight excluding hydrogens is 340 g/mol. The topological polar surface area (TPSA) is 59.9 Å². The summed E-state index contributed by atoms with van der Waals surface area (Å²) < 4.78 is 10.9. The third-order valence-electron chi connectivity index (χ3n) is 4.10. The zero-order chi connectivity index (χ0) is 19.1. The molecule has 0 heterocycles. The Hall–Kier alpha value is -3.34. The number of hydrazone groups is 1. The molecule has 0 aliphatic carbocycles. The van der Waals surface area contributed by atoms with E-state index in [1.807, 2.05) is 43.3 Å². The fourth-order valence-electron chi connectivity index (χ4n) is 2.73. The lowest BCUT2D eigenvalue weighted by atomic mass is 10.0. The van der Waals surface area contributed by atoms with Gasteiger partial charge in [-0.3, -0.25) is 4.79 Å². The normalized spacial score (nSPS) is 10.9. The summed E-state index contributed by atoms with van der Waals surface area (Å²) in [4.78, 5) is 12.3. The largest absolute Gasteiger partial charge is 0.496 e. The number of carbonyl (C=O) groups excluding carboxylic acids is 1. The number of amides is 1. The van der Waals surface area contributed by atoms with Gasteiger partial charge in [0.1, 0.15) is 11.5 Å². The minimum Gasteiger partial charge on any atom is -0.496 e. The Morgan fingerprint density at radius 3 is 2.59 bits per heavy atom. The first-order valence-electron chi connectivity index (χ1n) is 8.85. The van der Waals surface area contributed by atoms with Gasteiger partial charge in [0.25, 0.3) is 5.91 Å². The predicted octanol–water partition coefficient (Wildman–Crippen LogP) is 4.40. The molecule has 3 aromatic carbocycles. The number of ether oxygens (including phenoxy) is 2. The van der Waals surface area contributed by atoms with Crippen LogP contribution in [0.1, 0.15) is 29.3 Å². The van der Waals surface area contributed by atoms with Gasteiger partial charge in [0.2, 0.25) is 0 Å². The summed E-state index contributed by atoms with van der Waals surface area (Å²) in [6.45, 7) is 2.70. The van der Waals surface area contributed by atoms with E-state index in [0.29, 0.717) is 17.9 Å². The van der Waals surface area contributed by atoms with Crippen molar-refractivity contribution in [3.63, 3.8) is 0 Å². The summed E-state index contributed by atoms with van der Waals surface area (Å²) in [5.41, 5.74) is 3.89. The Bertz CT molecular complexity index is 949. The summed E-state index contributed by atoms with van der Waals surface area (Å²) in [5.74, 6) is 1.16. The highest BCUT2D eigenvalue weighted by Crippen LogP contribution is 2.26. The molecule has 138 valence electrons. The second-order valence-electron chi connectivity index (χ2n) is 5.97. The molecule has 0 spiro atoms. The average molecular weight is 362 g/mol. The second kappa shape index (κ2) is 8.85. The van der Waals surface area contributed by atoms with Gasteiger partial charge in [-0.15, -0.1) is 0 Å². The van der Waals surface area contributed by atoms with Gasteiger partial charge in [-0.05, 0) is 47.5 Å². The van der Waals surface area contributed by atoms with Crippen LogP contribution >= 0.6 is 0 Å². The summed E-state index contributed by atoms with van der Waals surface area (Å²) in [5, 5.41) is 6.20. The first-order valence-corrected chi connectivity index (χ1v) is 8.85.